The van der Waals surface area contributed by atoms with Gasteiger partial charge in [0.1, 0.15) is 0 Å². The molecule has 0 amide bonds. The molecular weight excluding hydrogens is 318 g/mol. The summed E-state index contributed by atoms with van der Waals surface area (Å²) in [6, 6.07) is 21.4. The number of hydrogen-bond donors (Lipinski definition) is 1. The lowest BCUT2D eigenvalue weighted by atomic mass is 10.1. The molecule has 0 spiro atoms. The number of para-hydroxylation sites is 1. The van der Waals surface area contributed by atoms with Gasteiger partial charge in [0.2, 0.25) is 0 Å². The summed E-state index contributed by atoms with van der Waals surface area (Å²) in [5.74, 6) is 0. The summed E-state index contributed by atoms with van der Waals surface area (Å²) in [5, 5.41) is 4.86. The first-order valence-corrected chi connectivity index (χ1v) is 9.01. The zero-order valence-electron chi connectivity index (χ0n) is 15.0. The van der Waals surface area contributed by atoms with Crippen molar-refractivity contribution in [3.8, 4) is 0 Å². The van der Waals surface area contributed by atoms with Crippen LogP contribution in [0.5, 0.6) is 0 Å². The average Bonchev–Trinajstić information content (AvgIpc) is 3.01. The average molecular weight is 341 g/mol. The molecule has 0 atom stereocenters. The Balaban J connectivity index is 1.55. The largest absolute Gasteiger partial charge is 0.343 e. The first-order valence-electron chi connectivity index (χ1n) is 9.01. The lowest BCUT2D eigenvalue weighted by Crippen LogP contribution is -2.12. The summed E-state index contributed by atoms with van der Waals surface area (Å²) in [5.41, 5.74) is 6.46. The van der Waals surface area contributed by atoms with Crippen molar-refractivity contribution in [3.63, 3.8) is 0 Å². The van der Waals surface area contributed by atoms with Gasteiger partial charge in [0, 0.05) is 49.1 Å². The summed E-state index contributed by atoms with van der Waals surface area (Å²) in [7, 11) is 0. The molecule has 2 aromatic carbocycles. The van der Waals surface area contributed by atoms with Gasteiger partial charge in [0.05, 0.1) is 0 Å². The van der Waals surface area contributed by atoms with Crippen LogP contribution in [-0.2, 0) is 19.6 Å². The molecule has 3 nitrogen and oxygen atoms in total. The van der Waals surface area contributed by atoms with E-state index in [-0.39, 0.29) is 0 Å². The summed E-state index contributed by atoms with van der Waals surface area (Å²) < 4.78 is 2.35. The lowest BCUT2D eigenvalue weighted by Gasteiger charge is -2.06. The Morgan fingerprint density at radius 3 is 2.65 bits per heavy atom. The monoisotopic (exact) mass is 341 g/mol. The zero-order chi connectivity index (χ0) is 17.8. The predicted molar refractivity (Wildman–Crippen MR) is 107 cm³/mol. The number of aryl methyl sites for hydroxylation is 1. The Labute approximate surface area is 154 Å². The van der Waals surface area contributed by atoms with Gasteiger partial charge < -0.3 is 9.88 Å². The molecule has 130 valence electrons. The smallest absolute Gasteiger partial charge is 0.0486 e. The molecule has 0 unspecified atom stereocenters. The van der Waals surface area contributed by atoms with E-state index in [4.69, 9.17) is 0 Å². The van der Waals surface area contributed by atoms with Crippen molar-refractivity contribution in [3.05, 3.63) is 102 Å². The maximum atomic E-state index is 4.17. The Kier molecular flexibility index (Phi) is 4.80. The molecule has 4 rings (SSSR count). The third-order valence-electron chi connectivity index (χ3n) is 4.67. The van der Waals surface area contributed by atoms with Gasteiger partial charge in [-0.05, 0) is 35.7 Å². The molecule has 2 aromatic heterocycles. The molecule has 3 heteroatoms. The molecule has 0 fully saturated rings. The minimum absolute atomic E-state index is 0.825. The van der Waals surface area contributed by atoms with Crippen LogP contribution in [0.15, 0.2) is 79.3 Å². The van der Waals surface area contributed by atoms with Crippen molar-refractivity contribution in [1.82, 2.24) is 14.9 Å². The Bertz CT molecular complexity index is 1000. The first-order chi connectivity index (χ1) is 12.8. The van der Waals surface area contributed by atoms with Crippen molar-refractivity contribution in [2.24, 2.45) is 0 Å². The van der Waals surface area contributed by atoms with Crippen molar-refractivity contribution < 1.29 is 0 Å². The fourth-order valence-corrected chi connectivity index (χ4v) is 3.45. The van der Waals surface area contributed by atoms with E-state index in [2.05, 4.69) is 82.6 Å². The standard InChI is InChI=1S/C23H23N3/c1-18-6-4-7-19(12-18)16-26-17-21(22-9-2-3-10-23(22)26)15-25-14-20-8-5-11-24-13-20/h2-13,17,25H,14-16H2,1H3. The van der Waals surface area contributed by atoms with Crippen molar-refractivity contribution in [1.29, 1.82) is 0 Å². The van der Waals surface area contributed by atoms with Gasteiger partial charge >= 0.3 is 0 Å². The minimum atomic E-state index is 0.825. The molecule has 0 radical (unpaired) electrons. The van der Waals surface area contributed by atoms with E-state index < -0.39 is 0 Å². The van der Waals surface area contributed by atoms with Crippen molar-refractivity contribution >= 4 is 10.9 Å². The predicted octanol–water partition coefficient (Wildman–Crippen LogP) is 4.68. The summed E-state index contributed by atoms with van der Waals surface area (Å²) in [6.45, 7) is 4.71. The summed E-state index contributed by atoms with van der Waals surface area (Å²) in [6.07, 6.45) is 6.00. The highest BCUT2D eigenvalue weighted by Gasteiger charge is 2.08. The second-order valence-corrected chi connectivity index (χ2v) is 6.75. The number of nitrogens with zero attached hydrogens (tertiary/aromatic N) is 2. The fraction of sp³-hybridized carbons (Fsp3) is 0.174. The normalized spacial score (nSPS) is 11.1. The second kappa shape index (κ2) is 7.54. The number of benzene rings is 2. The van der Waals surface area contributed by atoms with E-state index in [9.17, 15) is 0 Å². The summed E-state index contributed by atoms with van der Waals surface area (Å²) in [4.78, 5) is 4.17. The van der Waals surface area contributed by atoms with Gasteiger partial charge in [-0.3, -0.25) is 4.98 Å². The molecule has 0 aliphatic heterocycles. The van der Waals surface area contributed by atoms with Crippen LogP contribution in [0, 0.1) is 6.92 Å². The van der Waals surface area contributed by atoms with Crippen molar-refractivity contribution in [2.45, 2.75) is 26.6 Å². The van der Waals surface area contributed by atoms with Crippen LogP contribution in [0.3, 0.4) is 0 Å². The topological polar surface area (TPSA) is 29.9 Å². The highest BCUT2D eigenvalue weighted by Crippen LogP contribution is 2.22. The van der Waals surface area contributed by atoms with E-state index in [1.807, 2.05) is 18.5 Å². The van der Waals surface area contributed by atoms with Crippen LogP contribution in [0.1, 0.15) is 22.3 Å². The molecular formula is C23H23N3. The van der Waals surface area contributed by atoms with Gasteiger partial charge in [-0.1, -0.05) is 54.1 Å². The van der Waals surface area contributed by atoms with E-state index in [0.29, 0.717) is 0 Å². The number of hydrogen-bond acceptors (Lipinski definition) is 2. The van der Waals surface area contributed by atoms with Gasteiger partial charge in [-0.15, -0.1) is 0 Å². The first kappa shape index (κ1) is 16.6. The van der Waals surface area contributed by atoms with Crippen LogP contribution < -0.4 is 5.32 Å². The minimum Gasteiger partial charge on any atom is -0.343 e. The lowest BCUT2D eigenvalue weighted by molar-refractivity contribution is 0.690. The SMILES string of the molecule is Cc1cccc(Cn2cc(CNCc3cccnc3)c3ccccc32)c1. The molecule has 0 saturated heterocycles. The zero-order valence-corrected chi connectivity index (χ0v) is 15.0. The van der Waals surface area contributed by atoms with Crippen LogP contribution >= 0.6 is 0 Å². The van der Waals surface area contributed by atoms with Gasteiger partial charge in [0.15, 0.2) is 0 Å². The molecule has 2 heterocycles. The Morgan fingerprint density at radius 2 is 1.81 bits per heavy atom. The maximum absolute atomic E-state index is 4.17. The van der Waals surface area contributed by atoms with Crippen LogP contribution in [0.25, 0.3) is 10.9 Å². The molecule has 0 aliphatic carbocycles. The molecule has 0 saturated carbocycles. The van der Waals surface area contributed by atoms with Crippen LogP contribution in [-0.4, -0.2) is 9.55 Å². The Hall–Kier alpha value is -2.91. The molecule has 0 bridgehead atoms. The number of nitrogens with one attached hydrogen (secondary N) is 1. The number of fused-ring (bicyclic) bond motifs is 1. The highest BCUT2D eigenvalue weighted by atomic mass is 15.0. The van der Waals surface area contributed by atoms with Crippen molar-refractivity contribution in [2.75, 3.05) is 0 Å². The fourth-order valence-electron chi connectivity index (χ4n) is 3.45. The Morgan fingerprint density at radius 1 is 0.923 bits per heavy atom. The molecule has 4 aromatic rings. The summed E-state index contributed by atoms with van der Waals surface area (Å²) >= 11 is 0. The third kappa shape index (κ3) is 3.68. The second-order valence-electron chi connectivity index (χ2n) is 6.75. The van der Waals surface area contributed by atoms with Gasteiger partial charge in [-0.2, -0.15) is 0 Å². The number of aromatic nitrogens is 2. The molecule has 26 heavy (non-hydrogen) atoms. The van der Waals surface area contributed by atoms with Gasteiger partial charge in [-0.25, -0.2) is 0 Å². The number of pyridine rings is 1. The number of rotatable bonds is 6. The van der Waals surface area contributed by atoms with E-state index >= 15 is 0 Å². The third-order valence-corrected chi connectivity index (χ3v) is 4.67. The van der Waals surface area contributed by atoms with E-state index in [1.165, 1.54) is 33.2 Å². The molecule has 1 N–H and O–H groups in total. The van der Waals surface area contributed by atoms with E-state index in [1.54, 1.807) is 0 Å². The molecule has 0 aliphatic rings. The highest BCUT2D eigenvalue weighted by molar-refractivity contribution is 5.84. The van der Waals surface area contributed by atoms with E-state index in [0.717, 1.165) is 19.6 Å². The van der Waals surface area contributed by atoms with Crippen LogP contribution in [0.2, 0.25) is 0 Å². The van der Waals surface area contributed by atoms with Gasteiger partial charge in [0.25, 0.3) is 0 Å². The van der Waals surface area contributed by atoms with Crippen LogP contribution in [0.4, 0.5) is 0 Å². The quantitative estimate of drug-likeness (QED) is 0.552. The maximum Gasteiger partial charge on any atom is 0.0486 e.